The van der Waals surface area contributed by atoms with Gasteiger partial charge in [0.2, 0.25) is 5.91 Å². The zero-order valence-corrected chi connectivity index (χ0v) is 16.4. The van der Waals surface area contributed by atoms with E-state index in [2.05, 4.69) is 0 Å². The van der Waals surface area contributed by atoms with Crippen LogP contribution in [0, 0.1) is 5.92 Å². The van der Waals surface area contributed by atoms with Crippen LogP contribution in [-0.2, 0) is 20.9 Å². The molecule has 1 amide bonds. The highest BCUT2D eigenvalue weighted by Gasteiger charge is 2.37. The van der Waals surface area contributed by atoms with Crippen LogP contribution in [0.3, 0.4) is 0 Å². The van der Waals surface area contributed by atoms with Crippen molar-refractivity contribution in [3.8, 4) is 11.1 Å². The van der Waals surface area contributed by atoms with Crippen LogP contribution in [-0.4, -0.2) is 47.6 Å². The zero-order chi connectivity index (χ0) is 20.5. The maximum absolute atomic E-state index is 12.5. The number of carboxylic acids is 1. The molecule has 1 aromatic heterocycles. The van der Waals surface area contributed by atoms with Crippen molar-refractivity contribution in [2.75, 3.05) is 26.3 Å². The van der Waals surface area contributed by atoms with Crippen molar-refractivity contribution in [2.45, 2.75) is 18.9 Å². The molecule has 1 saturated heterocycles. The Morgan fingerprint density at radius 2 is 1.83 bits per heavy atom. The zero-order valence-electron chi connectivity index (χ0n) is 15.7. The summed E-state index contributed by atoms with van der Waals surface area (Å²) >= 11 is 6.02. The minimum absolute atomic E-state index is 0.0205. The number of likely N-dealkylation sites (tertiary alicyclic amines) is 1. The molecule has 3 heterocycles. The first-order valence-corrected chi connectivity index (χ1v) is 9.85. The van der Waals surface area contributed by atoms with E-state index in [0.29, 0.717) is 24.7 Å². The SMILES string of the molecule is O=C([O-])COCC(=O)N1CC2CC(C1)c1c(-c3ccc(Cl)cc3)ccc(=O)n1C2. The molecule has 7 nitrogen and oxygen atoms in total. The van der Waals surface area contributed by atoms with Crippen LogP contribution in [0.5, 0.6) is 0 Å². The average Bonchev–Trinajstić information content (AvgIpc) is 2.69. The van der Waals surface area contributed by atoms with Crippen molar-refractivity contribution in [3.05, 3.63) is 57.5 Å². The van der Waals surface area contributed by atoms with Crippen molar-refractivity contribution >= 4 is 23.5 Å². The van der Waals surface area contributed by atoms with Crippen molar-refractivity contribution in [1.29, 1.82) is 0 Å². The molecule has 8 heteroatoms. The van der Waals surface area contributed by atoms with Crippen LogP contribution >= 0.6 is 11.6 Å². The molecule has 1 aromatic carbocycles. The van der Waals surface area contributed by atoms with Crippen LogP contribution in [0.25, 0.3) is 11.1 Å². The van der Waals surface area contributed by atoms with Crippen LogP contribution in [0.1, 0.15) is 18.0 Å². The van der Waals surface area contributed by atoms with Gasteiger partial charge in [0.05, 0.1) is 12.6 Å². The van der Waals surface area contributed by atoms with E-state index in [-0.39, 0.29) is 29.9 Å². The van der Waals surface area contributed by atoms with Crippen molar-refractivity contribution in [3.63, 3.8) is 0 Å². The lowest BCUT2D eigenvalue weighted by Gasteiger charge is -2.43. The second-order valence-corrected chi connectivity index (χ2v) is 7.99. The lowest BCUT2D eigenvalue weighted by Crippen LogP contribution is -2.50. The van der Waals surface area contributed by atoms with E-state index in [1.54, 1.807) is 11.0 Å². The van der Waals surface area contributed by atoms with E-state index in [1.807, 2.05) is 34.9 Å². The molecule has 2 unspecified atom stereocenters. The van der Waals surface area contributed by atoms with Gasteiger partial charge in [0, 0.05) is 47.9 Å². The first-order valence-electron chi connectivity index (χ1n) is 9.47. The largest absolute Gasteiger partial charge is 0.548 e. The normalized spacial score (nSPS) is 20.2. The maximum Gasteiger partial charge on any atom is 0.250 e. The predicted molar refractivity (Wildman–Crippen MR) is 104 cm³/mol. The fraction of sp³-hybridized carbons (Fsp3) is 0.381. The van der Waals surface area contributed by atoms with Crippen molar-refractivity contribution < 1.29 is 19.4 Å². The van der Waals surface area contributed by atoms with Gasteiger partial charge in [-0.05, 0) is 36.1 Å². The monoisotopic (exact) mass is 415 g/mol. The summed E-state index contributed by atoms with van der Waals surface area (Å²) < 4.78 is 6.73. The number of amides is 1. The van der Waals surface area contributed by atoms with Gasteiger partial charge in [0.25, 0.3) is 5.56 Å². The molecule has 0 spiro atoms. The number of hydrogen-bond acceptors (Lipinski definition) is 5. The van der Waals surface area contributed by atoms with Gasteiger partial charge in [-0.1, -0.05) is 23.7 Å². The number of benzene rings is 1. The topological polar surface area (TPSA) is 91.7 Å². The summed E-state index contributed by atoms with van der Waals surface area (Å²) in [5, 5.41) is 11.1. The van der Waals surface area contributed by atoms with Gasteiger partial charge in [-0.3, -0.25) is 9.59 Å². The Balaban J connectivity index is 1.62. The van der Waals surface area contributed by atoms with Gasteiger partial charge < -0.3 is 24.1 Å². The Bertz CT molecular complexity index is 1000. The number of hydrogen-bond donors (Lipinski definition) is 0. The van der Waals surface area contributed by atoms with E-state index in [0.717, 1.165) is 23.2 Å². The Kier molecular flexibility index (Phi) is 5.43. The third kappa shape index (κ3) is 4.06. The number of aromatic nitrogens is 1. The van der Waals surface area contributed by atoms with Crippen molar-refractivity contribution in [2.24, 2.45) is 5.92 Å². The summed E-state index contributed by atoms with van der Waals surface area (Å²) in [5.74, 6) is -1.41. The Hall–Kier alpha value is -2.64. The van der Waals surface area contributed by atoms with Crippen LogP contribution in [0.4, 0.5) is 0 Å². The van der Waals surface area contributed by atoms with Crippen LogP contribution < -0.4 is 10.7 Å². The molecule has 2 aliphatic rings. The van der Waals surface area contributed by atoms with E-state index < -0.39 is 12.6 Å². The summed E-state index contributed by atoms with van der Waals surface area (Å²) in [7, 11) is 0. The molecular formula is C21H20ClN2O5-. The molecule has 4 rings (SSSR count). The second-order valence-electron chi connectivity index (χ2n) is 7.55. The second kappa shape index (κ2) is 8.00. The number of aliphatic carboxylic acids is 1. The molecule has 1 fully saturated rings. The van der Waals surface area contributed by atoms with Gasteiger partial charge >= 0.3 is 0 Å². The Morgan fingerprint density at radius 1 is 1.07 bits per heavy atom. The van der Waals surface area contributed by atoms with Gasteiger partial charge in [0.15, 0.2) is 0 Å². The van der Waals surface area contributed by atoms with Crippen LogP contribution in [0.2, 0.25) is 5.02 Å². The van der Waals surface area contributed by atoms with E-state index in [4.69, 9.17) is 16.3 Å². The van der Waals surface area contributed by atoms with Crippen LogP contribution in [0.15, 0.2) is 41.2 Å². The highest BCUT2D eigenvalue weighted by Crippen LogP contribution is 2.40. The number of nitrogens with zero attached hydrogens (tertiary/aromatic N) is 2. The Morgan fingerprint density at radius 3 is 2.55 bits per heavy atom. The maximum atomic E-state index is 12.5. The number of carboxylic acid groups (broad SMARTS) is 1. The first kappa shape index (κ1) is 19.7. The third-order valence-corrected chi connectivity index (χ3v) is 5.80. The summed E-state index contributed by atoms with van der Waals surface area (Å²) in [6, 6.07) is 10.9. The molecule has 2 atom stereocenters. The highest BCUT2D eigenvalue weighted by atomic mass is 35.5. The summed E-state index contributed by atoms with van der Waals surface area (Å²) in [6.07, 6.45) is 0.897. The molecule has 2 aromatic rings. The molecular weight excluding hydrogens is 396 g/mol. The molecule has 2 aliphatic heterocycles. The number of halogens is 1. The smallest absolute Gasteiger partial charge is 0.250 e. The number of ether oxygens (including phenoxy) is 1. The minimum atomic E-state index is -1.35. The van der Waals surface area contributed by atoms with E-state index in [9.17, 15) is 19.5 Å². The van der Waals surface area contributed by atoms with Gasteiger partial charge in [-0.25, -0.2) is 0 Å². The quantitative estimate of drug-likeness (QED) is 0.723. The molecule has 0 aliphatic carbocycles. The molecule has 0 saturated carbocycles. The van der Waals surface area contributed by atoms with E-state index in [1.165, 1.54) is 0 Å². The lowest BCUT2D eigenvalue weighted by atomic mass is 9.80. The summed E-state index contributed by atoms with van der Waals surface area (Å²) in [4.78, 5) is 37.2. The third-order valence-electron chi connectivity index (χ3n) is 5.54. The number of fused-ring (bicyclic) bond motifs is 4. The van der Waals surface area contributed by atoms with Gasteiger partial charge in [-0.15, -0.1) is 0 Å². The molecule has 29 heavy (non-hydrogen) atoms. The fourth-order valence-electron chi connectivity index (χ4n) is 4.41. The average molecular weight is 416 g/mol. The summed E-state index contributed by atoms with van der Waals surface area (Å²) in [6.45, 7) is 0.648. The minimum Gasteiger partial charge on any atom is -0.548 e. The van der Waals surface area contributed by atoms with Gasteiger partial charge in [0.1, 0.15) is 6.61 Å². The highest BCUT2D eigenvalue weighted by molar-refractivity contribution is 6.30. The van der Waals surface area contributed by atoms with E-state index >= 15 is 0 Å². The number of pyridine rings is 1. The predicted octanol–water partition coefficient (Wildman–Crippen LogP) is 0.881. The molecule has 152 valence electrons. The molecule has 0 N–H and O–H groups in total. The van der Waals surface area contributed by atoms with Gasteiger partial charge in [-0.2, -0.15) is 0 Å². The number of carbonyl (C=O) groups excluding carboxylic acids is 2. The number of carbonyl (C=O) groups is 2. The fourth-order valence-corrected chi connectivity index (χ4v) is 4.53. The standard InChI is InChI=1S/C21H21ClN2O5/c22-16-3-1-14(2-4-16)17-5-6-18(25)24-9-13-7-15(21(17)24)10-23(8-13)19(26)11-29-12-20(27)28/h1-6,13,15H,7-12H2,(H,27,28)/p-1. The van der Waals surface area contributed by atoms with Crippen molar-refractivity contribution in [1.82, 2.24) is 9.47 Å². The lowest BCUT2D eigenvalue weighted by molar-refractivity contribution is -0.309. The summed E-state index contributed by atoms with van der Waals surface area (Å²) in [5.41, 5.74) is 2.83. The molecule has 2 bridgehead atoms. The number of rotatable bonds is 5. The Labute approximate surface area is 172 Å². The first-order chi connectivity index (χ1) is 13.9. The molecule has 0 radical (unpaired) electrons. The number of piperidine rings is 1.